The quantitative estimate of drug-likeness (QED) is 0.420. The van der Waals surface area contributed by atoms with Crippen molar-refractivity contribution in [2.75, 3.05) is 13.6 Å². The largest absolute Gasteiger partial charge is 0.352 e. The number of hydrogen-bond donors (Lipinski definition) is 1. The molecule has 0 saturated heterocycles. The molecule has 0 unspecified atom stereocenters. The molecule has 1 N–H and O–H groups in total. The van der Waals surface area contributed by atoms with Crippen molar-refractivity contribution in [1.82, 2.24) is 14.5 Å². The Labute approximate surface area is 218 Å². The van der Waals surface area contributed by atoms with E-state index < -0.39 is 16.1 Å². The molecule has 7 nitrogen and oxygen atoms in total. The zero-order chi connectivity index (χ0) is 26.2. The number of halogens is 2. The van der Waals surface area contributed by atoms with Crippen LogP contribution in [-0.2, 0) is 26.2 Å². The lowest BCUT2D eigenvalue weighted by atomic mass is 10.1. The van der Waals surface area contributed by atoms with Crippen molar-refractivity contribution in [1.29, 1.82) is 0 Å². The van der Waals surface area contributed by atoms with E-state index in [0.717, 1.165) is 12.0 Å². The molecule has 0 aromatic heterocycles. The Morgan fingerprint density at radius 1 is 1.03 bits per heavy atom. The first-order chi connectivity index (χ1) is 16.5. The second kappa shape index (κ2) is 13.3. The van der Waals surface area contributed by atoms with Gasteiger partial charge < -0.3 is 10.2 Å². The summed E-state index contributed by atoms with van der Waals surface area (Å²) in [7, 11) is -2.16. The molecule has 0 bridgehead atoms. The van der Waals surface area contributed by atoms with Crippen molar-refractivity contribution < 1.29 is 18.0 Å². The number of nitrogens with zero attached hydrogens (tertiary/aromatic N) is 2. The molecule has 10 heteroatoms. The standard InChI is InChI=1S/C25H33Cl2N3O4S/c1-5-18(2)28-25(32)19(3)30(17-20-13-14-22(26)23(27)16-20)24(31)12-9-15-29(4)35(33,34)21-10-7-6-8-11-21/h6-8,10-11,13-14,16,18-19H,5,9,12,15,17H2,1-4H3,(H,28,32)/t18-,19+/m0/s1. The second-order valence-electron chi connectivity index (χ2n) is 8.51. The highest BCUT2D eigenvalue weighted by atomic mass is 35.5. The van der Waals surface area contributed by atoms with Gasteiger partial charge in [-0.1, -0.05) is 54.4 Å². The Hall–Kier alpha value is -2.13. The van der Waals surface area contributed by atoms with Crippen LogP contribution in [0.2, 0.25) is 10.0 Å². The number of carbonyl (C=O) groups excluding carboxylic acids is 2. The van der Waals surface area contributed by atoms with Crippen LogP contribution in [0.15, 0.2) is 53.4 Å². The minimum atomic E-state index is -3.64. The normalized spacial score (nSPS) is 13.3. The molecule has 2 atom stereocenters. The monoisotopic (exact) mass is 541 g/mol. The average Bonchev–Trinajstić information content (AvgIpc) is 2.84. The van der Waals surface area contributed by atoms with Crippen molar-refractivity contribution in [2.45, 2.75) is 63.6 Å². The molecule has 2 aromatic carbocycles. The summed E-state index contributed by atoms with van der Waals surface area (Å²) < 4.78 is 26.7. The number of nitrogens with one attached hydrogen (secondary N) is 1. The van der Waals surface area contributed by atoms with Gasteiger partial charge in [0.05, 0.1) is 14.9 Å². The number of carbonyl (C=O) groups is 2. The summed E-state index contributed by atoms with van der Waals surface area (Å²) in [6.07, 6.45) is 1.15. The molecule has 0 radical (unpaired) electrons. The number of rotatable bonds is 12. The second-order valence-corrected chi connectivity index (χ2v) is 11.4. The first kappa shape index (κ1) is 29.1. The average molecular weight is 543 g/mol. The molecule has 0 aliphatic heterocycles. The van der Waals surface area contributed by atoms with Crippen LogP contribution in [-0.4, -0.2) is 55.1 Å². The van der Waals surface area contributed by atoms with Gasteiger partial charge in [0.15, 0.2) is 0 Å². The fraction of sp³-hybridized carbons (Fsp3) is 0.440. The smallest absolute Gasteiger partial charge is 0.242 e. The molecule has 0 heterocycles. The molecule has 192 valence electrons. The maximum absolute atomic E-state index is 13.2. The zero-order valence-electron chi connectivity index (χ0n) is 20.5. The molecule has 0 fully saturated rings. The van der Waals surface area contributed by atoms with Gasteiger partial charge in [0.25, 0.3) is 0 Å². The van der Waals surface area contributed by atoms with Crippen LogP contribution in [0.5, 0.6) is 0 Å². The van der Waals surface area contributed by atoms with E-state index in [4.69, 9.17) is 23.2 Å². The SMILES string of the molecule is CC[C@H](C)NC(=O)[C@@H](C)N(Cc1ccc(Cl)c(Cl)c1)C(=O)CCCN(C)S(=O)(=O)c1ccccc1. The minimum absolute atomic E-state index is 0.0243. The third kappa shape index (κ3) is 8.20. The molecule has 2 amide bonds. The number of sulfonamides is 1. The van der Waals surface area contributed by atoms with Crippen LogP contribution in [0, 0.1) is 0 Å². The first-order valence-corrected chi connectivity index (χ1v) is 13.7. The van der Waals surface area contributed by atoms with Crippen LogP contribution in [0.1, 0.15) is 45.6 Å². The number of amides is 2. The molecule has 0 aliphatic carbocycles. The van der Waals surface area contributed by atoms with E-state index in [1.807, 2.05) is 13.8 Å². The summed E-state index contributed by atoms with van der Waals surface area (Å²) in [5, 5.41) is 3.68. The summed E-state index contributed by atoms with van der Waals surface area (Å²) in [4.78, 5) is 27.7. The van der Waals surface area contributed by atoms with Crippen LogP contribution < -0.4 is 5.32 Å². The van der Waals surface area contributed by atoms with Gasteiger partial charge in [-0.2, -0.15) is 0 Å². The van der Waals surface area contributed by atoms with E-state index in [1.54, 1.807) is 43.3 Å². The van der Waals surface area contributed by atoms with Gasteiger partial charge in [0.1, 0.15) is 6.04 Å². The van der Waals surface area contributed by atoms with Gasteiger partial charge in [0.2, 0.25) is 21.8 Å². The Balaban J connectivity index is 2.12. The highest BCUT2D eigenvalue weighted by Gasteiger charge is 2.27. The van der Waals surface area contributed by atoms with Crippen LogP contribution in [0.25, 0.3) is 0 Å². The summed E-state index contributed by atoms with van der Waals surface area (Å²) in [6, 6.07) is 12.5. The van der Waals surface area contributed by atoms with Crippen LogP contribution in [0.3, 0.4) is 0 Å². The molecule has 35 heavy (non-hydrogen) atoms. The van der Waals surface area contributed by atoms with Crippen molar-refractivity contribution in [2.24, 2.45) is 0 Å². The predicted octanol–water partition coefficient (Wildman–Crippen LogP) is 4.73. The summed E-state index contributed by atoms with van der Waals surface area (Å²) in [5.41, 5.74) is 0.736. The van der Waals surface area contributed by atoms with Crippen molar-refractivity contribution >= 4 is 45.0 Å². The van der Waals surface area contributed by atoms with Crippen molar-refractivity contribution in [3.05, 3.63) is 64.1 Å². The molecular formula is C25H33Cl2N3O4S. The van der Waals surface area contributed by atoms with Crippen molar-refractivity contribution in [3.63, 3.8) is 0 Å². The van der Waals surface area contributed by atoms with Gasteiger partial charge >= 0.3 is 0 Å². The van der Waals surface area contributed by atoms with Gasteiger partial charge in [-0.05, 0) is 56.5 Å². The van der Waals surface area contributed by atoms with Crippen molar-refractivity contribution in [3.8, 4) is 0 Å². The summed E-state index contributed by atoms with van der Waals surface area (Å²) in [5.74, 6) is -0.509. The minimum Gasteiger partial charge on any atom is -0.352 e. The van der Waals surface area contributed by atoms with E-state index in [0.29, 0.717) is 16.5 Å². The zero-order valence-corrected chi connectivity index (χ0v) is 22.8. The maximum atomic E-state index is 13.2. The molecule has 0 spiro atoms. The Bertz CT molecular complexity index is 1110. The lowest BCUT2D eigenvalue weighted by Crippen LogP contribution is -2.49. The summed E-state index contributed by atoms with van der Waals surface area (Å²) >= 11 is 12.2. The van der Waals surface area contributed by atoms with E-state index in [9.17, 15) is 18.0 Å². The molecule has 2 aromatic rings. The topological polar surface area (TPSA) is 86.8 Å². The van der Waals surface area contributed by atoms with Gasteiger partial charge in [-0.15, -0.1) is 0 Å². The number of benzene rings is 2. The lowest BCUT2D eigenvalue weighted by Gasteiger charge is -2.30. The van der Waals surface area contributed by atoms with Gasteiger partial charge in [-0.3, -0.25) is 9.59 Å². The third-order valence-corrected chi connectivity index (χ3v) is 8.43. The van der Waals surface area contributed by atoms with E-state index in [2.05, 4.69) is 5.32 Å². The van der Waals surface area contributed by atoms with Crippen LogP contribution in [0.4, 0.5) is 0 Å². The highest BCUT2D eigenvalue weighted by molar-refractivity contribution is 7.89. The third-order valence-electron chi connectivity index (χ3n) is 5.82. The predicted molar refractivity (Wildman–Crippen MR) is 140 cm³/mol. The van der Waals surface area contributed by atoms with E-state index >= 15 is 0 Å². The Morgan fingerprint density at radius 3 is 2.29 bits per heavy atom. The number of hydrogen-bond acceptors (Lipinski definition) is 4. The molecular weight excluding hydrogens is 509 g/mol. The first-order valence-electron chi connectivity index (χ1n) is 11.5. The van der Waals surface area contributed by atoms with Gasteiger partial charge in [-0.25, -0.2) is 12.7 Å². The molecule has 2 rings (SSSR count). The van der Waals surface area contributed by atoms with Crippen LogP contribution >= 0.6 is 23.2 Å². The fourth-order valence-corrected chi connectivity index (χ4v) is 4.92. The molecule has 0 saturated carbocycles. The molecule has 0 aliphatic rings. The maximum Gasteiger partial charge on any atom is 0.242 e. The fourth-order valence-electron chi connectivity index (χ4n) is 3.37. The Kier molecular flexibility index (Phi) is 11.0. The van der Waals surface area contributed by atoms with E-state index in [-0.39, 0.29) is 42.3 Å². The highest BCUT2D eigenvalue weighted by Crippen LogP contribution is 2.24. The Morgan fingerprint density at radius 2 is 1.69 bits per heavy atom. The van der Waals surface area contributed by atoms with Gasteiger partial charge in [0, 0.05) is 32.6 Å². The summed E-state index contributed by atoms with van der Waals surface area (Å²) in [6.45, 7) is 5.88. The van der Waals surface area contributed by atoms with E-state index in [1.165, 1.54) is 28.4 Å². The lowest BCUT2D eigenvalue weighted by molar-refractivity contribution is -0.141.